The van der Waals surface area contributed by atoms with E-state index in [0.29, 0.717) is 5.92 Å². The van der Waals surface area contributed by atoms with Crippen LogP contribution in [0.5, 0.6) is 0 Å². The molecule has 0 bridgehead atoms. The van der Waals surface area contributed by atoms with Gasteiger partial charge in [0.1, 0.15) is 0 Å². The lowest BCUT2D eigenvalue weighted by molar-refractivity contribution is 0.460. The summed E-state index contributed by atoms with van der Waals surface area (Å²) in [7, 11) is 0. The van der Waals surface area contributed by atoms with Crippen molar-refractivity contribution in [3.63, 3.8) is 0 Å². The summed E-state index contributed by atoms with van der Waals surface area (Å²) in [6, 6.07) is 5.82. The van der Waals surface area contributed by atoms with Gasteiger partial charge in [-0.05, 0) is 36.1 Å². The maximum atomic E-state index is 6.15. The Morgan fingerprint density at radius 3 is 2.73 bits per heavy atom. The Bertz CT molecular complexity index is 327. The smallest absolute Gasteiger partial charge is 0.0410 e. The predicted molar refractivity (Wildman–Crippen MR) is 70.2 cm³/mol. The highest BCUT2D eigenvalue weighted by Gasteiger charge is 2.13. The van der Waals surface area contributed by atoms with Gasteiger partial charge in [-0.3, -0.25) is 0 Å². The summed E-state index contributed by atoms with van der Waals surface area (Å²) < 4.78 is 1.04. The van der Waals surface area contributed by atoms with E-state index in [2.05, 4.69) is 29.8 Å². The van der Waals surface area contributed by atoms with E-state index in [0.717, 1.165) is 27.9 Å². The highest BCUT2D eigenvalue weighted by atomic mass is 79.9. The van der Waals surface area contributed by atoms with E-state index in [4.69, 9.17) is 17.3 Å². The van der Waals surface area contributed by atoms with Crippen LogP contribution in [0.2, 0.25) is 5.02 Å². The van der Waals surface area contributed by atoms with Crippen molar-refractivity contribution < 1.29 is 0 Å². The molecule has 0 aliphatic rings. The lowest BCUT2D eigenvalue weighted by Gasteiger charge is -2.17. The monoisotopic (exact) mass is 289 g/mol. The third-order valence-electron chi connectivity index (χ3n) is 2.71. The number of benzene rings is 1. The third-order valence-corrected chi connectivity index (χ3v) is 3.67. The molecule has 0 spiro atoms. The molecule has 1 nitrogen and oxygen atoms in total. The van der Waals surface area contributed by atoms with Gasteiger partial charge in [0.05, 0.1) is 0 Å². The average molecular weight is 291 g/mol. The van der Waals surface area contributed by atoms with Crippen LogP contribution in [0.15, 0.2) is 22.7 Å². The molecule has 2 N–H and O–H groups in total. The Hall–Kier alpha value is -0.0500. The highest BCUT2D eigenvalue weighted by molar-refractivity contribution is 9.10. The Morgan fingerprint density at radius 2 is 2.13 bits per heavy atom. The van der Waals surface area contributed by atoms with Gasteiger partial charge in [0.25, 0.3) is 0 Å². The first kappa shape index (κ1) is 13.0. The van der Waals surface area contributed by atoms with Crippen molar-refractivity contribution >= 4 is 27.5 Å². The van der Waals surface area contributed by atoms with E-state index in [-0.39, 0.29) is 6.04 Å². The van der Waals surface area contributed by atoms with Gasteiger partial charge >= 0.3 is 0 Å². The molecule has 1 rings (SSSR count). The second-order valence-electron chi connectivity index (χ2n) is 4.02. The molecule has 84 valence electrons. The van der Waals surface area contributed by atoms with Crippen LogP contribution in [-0.2, 0) is 0 Å². The summed E-state index contributed by atoms with van der Waals surface area (Å²) in [4.78, 5) is 0. The van der Waals surface area contributed by atoms with Crippen LogP contribution in [0.3, 0.4) is 0 Å². The van der Waals surface area contributed by atoms with Crippen molar-refractivity contribution in [1.82, 2.24) is 0 Å². The first-order valence-corrected chi connectivity index (χ1v) is 6.42. The third kappa shape index (κ3) is 3.78. The van der Waals surface area contributed by atoms with E-state index in [1.165, 1.54) is 0 Å². The Kier molecular flexibility index (Phi) is 5.10. The van der Waals surface area contributed by atoms with Gasteiger partial charge < -0.3 is 5.73 Å². The molecular formula is C12H17BrClN. The van der Waals surface area contributed by atoms with E-state index < -0.39 is 0 Å². The number of rotatable bonds is 4. The lowest BCUT2D eigenvalue weighted by Crippen LogP contribution is -2.14. The van der Waals surface area contributed by atoms with Gasteiger partial charge in [-0.1, -0.05) is 47.8 Å². The van der Waals surface area contributed by atoms with Crippen LogP contribution >= 0.6 is 27.5 Å². The standard InChI is InChI=1S/C12H17BrClN/c1-3-8(2)6-12(15)10-7-9(14)4-5-11(10)13/h4-5,7-8,12H,3,6,15H2,1-2H3. The minimum atomic E-state index is 0.0630. The van der Waals surface area contributed by atoms with Crippen molar-refractivity contribution in [1.29, 1.82) is 0 Å². The summed E-state index contributed by atoms with van der Waals surface area (Å²) in [6.45, 7) is 4.41. The zero-order valence-corrected chi connectivity index (χ0v) is 11.5. The van der Waals surface area contributed by atoms with Gasteiger partial charge in [0.15, 0.2) is 0 Å². The van der Waals surface area contributed by atoms with Crippen LogP contribution in [0, 0.1) is 5.92 Å². The minimum absolute atomic E-state index is 0.0630. The molecule has 0 heterocycles. The molecular weight excluding hydrogens is 273 g/mol. The van der Waals surface area contributed by atoms with Crippen molar-refractivity contribution in [2.45, 2.75) is 32.7 Å². The number of hydrogen-bond acceptors (Lipinski definition) is 1. The second kappa shape index (κ2) is 5.88. The first-order valence-electron chi connectivity index (χ1n) is 5.25. The number of hydrogen-bond donors (Lipinski definition) is 1. The largest absolute Gasteiger partial charge is 0.324 e. The van der Waals surface area contributed by atoms with Gasteiger partial charge in [-0.25, -0.2) is 0 Å². The Labute approximate surface area is 105 Å². The van der Waals surface area contributed by atoms with Crippen molar-refractivity contribution in [3.05, 3.63) is 33.3 Å². The fourth-order valence-corrected chi connectivity index (χ4v) is 2.25. The molecule has 15 heavy (non-hydrogen) atoms. The molecule has 0 saturated carbocycles. The van der Waals surface area contributed by atoms with E-state index in [1.54, 1.807) is 0 Å². The normalized spacial score (nSPS) is 15.0. The molecule has 0 saturated heterocycles. The summed E-state index contributed by atoms with van der Waals surface area (Å²) in [6.07, 6.45) is 2.15. The molecule has 0 radical (unpaired) electrons. The zero-order chi connectivity index (χ0) is 11.4. The maximum Gasteiger partial charge on any atom is 0.0410 e. The summed E-state index contributed by atoms with van der Waals surface area (Å²) in [5.41, 5.74) is 7.25. The van der Waals surface area contributed by atoms with Crippen LogP contribution in [0.25, 0.3) is 0 Å². The number of halogens is 2. The molecule has 0 fully saturated rings. The molecule has 0 aliphatic heterocycles. The molecule has 2 atom stereocenters. The van der Waals surface area contributed by atoms with Crippen LogP contribution in [0.1, 0.15) is 38.3 Å². The van der Waals surface area contributed by atoms with Crippen LogP contribution in [0.4, 0.5) is 0 Å². The van der Waals surface area contributed by atoms with Crippen LogP contribution in [-0.4, -0.2) is 0 Å². The number of nitrogens with two attached hydrogens (primary N) is 1. The SMILES string of the molecule is CCC(C)CC(N)c1cc(Cl)ccc1Br. The summed E-state index contributed by atoms with van der Waals surface area (Å²) in [5.74, 6) is 0.644. The molecule has 2 unspecified atom stereocenters. The van der Waals surface area contributed by atoms with Gasteiger partial charge in [-0.2, -0.15) is 0 Å². The van der Waals surface area contributed by atoms with Gasteiger partial charge in [0.2, 0.25) is 0 Å². The average Bonchev–Trinajstić information content (AvgIpc) is 2.21. The van der Waals surface area contributed by atoms with E-state index in [1.807, 2.05) is 18.2 Å². The molecule has 0 amide bonds. The van der Waals surface area contributed by atoms with Crippen molar-refractivity contribution in [2.24, 2.45) is 11.7 Å². The molecule has 0 aliphatic carbocycles. The quantitative estimate of drug-likeness (QED) is 0.865. The van der Waals surface area contributed by atoms with Gasteiger partial charge in [0, 0.05) is 15.5 Å². The second-order valence-corrected chi connectivity index (χ2v) is 5.31. The zero-order valence-electron chi connectivity index (χ0n) is 9.13. The summed E-state index contributed by atoms with van der Waals surface area (Å²) in [5, 5.41) is 0.743. The highest BCUT2D eigenvalue weighted by Crippen LogP contribution is 2.29. The topological polar surface area (TPSA) is 26.0 Å². The fourth-order valence-electron chi connectivity index (χ4n) is 1.53. The van der Waals surface area contributed by atoms with E-state index >= 15 is 0 Å². The maximum absolute atomic E-state index is 6.15. The van der Waals surface area contributed by atoms with Crippen LogP contribution < -0.4 is 5.73 Å². The lowest BCUT2D eigenvalue weighted by atomic mass is 9.95. The Morgan fingerprint density at radius 1 is 1.47 bits per heavy atom. The van der Waals surface area contributed by atoms with Gasteiger partial charge in [-0.15, -0.1) is 0 Å². The minimum Gasteiger partial charge on any atom is -0.324 e. The van der Waals surface area contributed by atoms with Crippen molar-refractivity contribution in [2.75, 3.05) is 0 Å². The van der Waals surface area contributed by atoms with E-state index in [9.17, 15) is 0 Å². The first-order chi connectivity index (χ1) is 7.04. The fraction of sp³-hybridized carbons (Fsp3) is 0.500. The molecule has 1 aromatic rings. The molecule has 1 aromatic carbocycles. The Balaban J connectivity index is 2.80. The molecule has 3 heteroatoms. The molecule has 0 aromatic heterocycles. The summed E-state index contributed by atoms with van der Waals surface area (Å²) >= 11 is 9.46. The van der Waals surface area contributed by atoms with Crippen molar-refractivity contribution in [3.8, 4) is 0 Å². The predicted octanol–water partition coefficient (Wildman–Crippen LogP) is 4.54.